The highest BCUT2D eigenvalue weighted by molar-refractivity contribution is 5.23. The summed E-state index contributed by atoms with van der Waals surface area (Å²) in [5.41, 5.74) is 0.905. The molecule has 0 aromatic carbocycles. The van der Waals surface area contributed by atoms with E-state index in [4.69, 9.17) is 0 Å². The summed E-state index contributed by atoms with van der Waals surface area (Å²) in [6, 6.07) is 3.28. The van der Waals surface area contributed by atoms with Gasteiger partial charge in [-0.25, -0.2) is 4.98 Å². The molecule has 0 fully saturated rings. The van der Waals surface area contributed by atoms with E-state index >= 15 is 0 Å². The molecule has 1 aromatic rings. The standard InChI is InChI=1S/C10H12F3NO/c1-7(2)8-3-4-14-9(5-8)15-6-10(11,12)13/h3-5,7H,6H2,1-2H3. The lowest BCUT2D eigenvalue weighted by molar-refractivity contribution is -0.154. The van der Waals surface area contributed by atoms with E-state index in [0.29, 0.717) is 0 Å². The molecular weight excluding hydrogens is 207 g/mol. The topological polar surface area (TPSA) is 22.1 Å². The van der Waals surface area contributed by atoms with Crippen LogP contribution in [0.4, 0.5) is 13.2 Å². The zero-order valence-electron chi connectivity index (χ0n) is 8.51. The van der Waals surface area contributed by atoms with E-state index in [9.17, 15) is 13.2 Å². The van der Waals surface area contributed by atoms with Crippen molar-refractivity contribution in [3.8, 4) is 5.88 Å². The van der Waals surface area contributed by atoms with Crippen molar-refractivity contribution in [1.29, 1.82) is 0 Å². The van der Waals surface area contributed by atoms with E-state index in [1.807, 2.05) is 13.8 Å². The lowest BCUT2D eigenvalue weighted by Crippen LogP contribution is -2.19. The molecule has 5 heteroatoms. The van der Waals surface area contributed by atoms with Crippen LogP contribution in [0, 0.1) is 0 Å². The van der Waals surface area contributed by atoms with E-state index in [2.05, 4.69) is 9.72 Å². The summed E-state index contributed by atoms with van der Waals surface area (Å²) in [5.74, 6) is 0.250. The molecule has 0 aliphatic rings. The fourth-order valence-corrected chi connectivity index (χ4v) is 1.02. The van der Waals surface area contributed by atoms with Crippen LogP contribution in [0.3, 0.4) is 0 Å². The molecule has 0 unspecified atom stereocenters. The highest BCUT2D eigenvalue weighted by Gasteiger charge is 2.28. The Labute approximate surface area is 86.1 Å². The van der Waals surface area contributed by atoms with E-state index in [1.54, 1.807) is 6.07 Å². The second-order valence-electron chi connectivity index (χ2n) is 3.49. The van der Waals surface area contributed by atoms with Crippen LogP contribution in [0.25, 0.3) is 0 Å². The largest absolute Gasteiger partial charge is 0.468 e. The number of ether oxygens (including phenoxy) is 1. The lowest BCUT2D eigenvalue weighted by Gasteiger charge is -2.10. The first-order valence-corrected chi connectivity index (χ1v) is 4.54. The molecule has 1 heterocycles. The van der Waals surface area contributed by atoms with Crippen LogP contribution in [0.2, 0.25) is 0 Å². The molecule has 2 nitrogen and oxygen atoms in total. The molecule has 0 atom stereocenters. The molecule has 0 radical (unpaired) electrons. The van der Waals surface area contributed by atoms with E-state index in [1.165, 1.54) is 12.3 Å². The number of halogens is 3. The van der Waals surface area contributed by atoms with Crippen LogP contribution >= 0.6 is 0 Å². The molecule has 0 saturated heterocycles. The van der Waals surface area contributed by atoms with Crippen LogP contribution in [-0.4, -0.2) is 17.8 Å². The summed E-state index contributed by atoms with van der Waals surface area (Å²) in [6.07, 6.45) is -2.88. The van der Waals surface area contributed by atoms with Gasteiger partial charge in [-0.05, 0) is 17.5 Å². The van der Waals surface area contributed by atoms with Crippen molar-refractivity contribution in [2.24, 2.45) is 0 Å². The maximum atomic E-state index is 11.8. The van der Waals surface area contributed by atoms with E-state index in [-0.39, 0.29) is 11.8 Å². The summed E-state index contributed by atoms with van der Waals surface area (Å²) in [6.45, 7) is 2.59. The van der Waals surface area contributed by atoms with Crippen molar-refractivity contribution in [3.05, 3.63) is 23.9 Å². The third-order valence-corrected chi connectivity index (χ3v) is 1.81. The zero-order valence-corrected chi connectivity index (χ0v) is 8.51. The SMILES string of the molecule is CC(C)c1ccnc(OCC(F)(F)F)c1. The van der Waals surface area contributed by atoms with Gasteiger partial charge in [-0.1, -0.05) is 13.8 Å². The fraction of sp³-hybridized carbons (Fsp3) is 0.500. The summed E-state index contributed by atoms with van der Waals surface area (Å²) in [5, 5.41) is 0. The van der Waals surface area contributed by atoms with Crippen LogP contribution in [0.15, 0.2) is 18.3 Å². The Morgan fingerprint density at radius 1 is 1.40 bits per heavy atom. The fourth-order valence-electron chi connectivity index (χ4n) is 1.02. The summed E-state index contributed by atoms with van der Waals surface area (Å²) in [7, 11) is 0. The van der Waals surface area contributed by atoms with Crippen molar-refractivity contribution in [1.82, 2.24) is 4.98 Å². The first kappa shape index (κ1) is 11.8. The number of alkyl halides is 3. The van der Waals surface area contributed by atoms with Gasteiger partial charge in [0.1, 0.15) is 0 Å². The smallest absolute Gasteiger partial charge is 0.422 e. The number of rotatable bonds is 3. The van der Waals surface area contributed by atoms with Crippen molar-refractivity contribution in [2.45, 2.75) is 25.9 Å². The number of hydrogen-bond acceptors (Lipinski definition) is 2. The summed E-state index contributed by atoms with van der Waals surface area (Å²) < 4.78 is 40.1. The third kappa shape index (κ3) is 4.18. The number of aromatic nitrogens is 1. The molecular formula is C10H12F3NO. The van der Waals surface area contributed by atoms with Crippen molar-refractivity contribution >= 4 is 0 Å². The highest BCUT2D eigenvalue weighted by Crippen LogP contribution is 2.20. The quantitative estimate of drug-likeness (QED) is 0.779. The Morgan fingerprint density at radius 2 is 2.07 bits per heavy atom. The zero-order chi connectivity index (χ0) is 11.5. The monoisotopic (exact) mass is 219 g/mol. The van der Waals surface area contributed by atoms with Gasteiger partial charge in [0, 0.05) is 12.3 Å². The van der Waals surface area contributed by atoms with Gasteiger partial charge in [0.25, 0.3) is 0 Å². The first-order valence-electron chi connectivity index (χ1n) is 4.54. The molecule has 1 rings (SSSR count). The maximum Gasteiger partial charge on any atom is 0.422 e. The third-order valence-electron chi connectivity index (χ3n) is 1.81. The summed E-state index contributed by atoms with van der Waals surface area (Å²) >= 11 is 0. The Balaban J connectivity index is 2.66. The Hall–Kier alpha value is -1.26. The molecule has 15 heavy (non-hydrogen) atoms. The predicted molar refractivity (Wildman–Crippen MR) is 49.9 cm³/mol. The first-order chi connectivity index (χ1) is 6.88. The molecule has 0 bridgehead atoms. The molecule has 1 aromatic heterocycles. The normalized spacial score (nSPS) is 11.9. The van der Waals surface area contributed by atoms with Crippen LogP contribution in [0.5, 0.6) is 5.88 Å². The van der Waals surface area contributed by atoms with E-state index < -0.39 is 12.8 Å². The average molecular weight is 219 g/mol. The molecule has 0 N–H and O–H groups in total. The highest BCUT2D eigenvalue weighted by atomic mass is 19.4. The van der Waals surface area contributed by atoms with Gasteiger partial charge in [0.05, 0.1) is 0 Å². The lowest BCUT2D eigenvalue weighted by atomic mass is 10.1. The Kier molecular flexibility index (Phi) is 3.55. The van der Waals surface area contributed by atoms with Crippen molar-refractivity contribution < 1.29 is 17.9 Å². The van der Waals surface area contributed by atoms with Gasteiger partial charge in [-0.2, -0.15) is 13.2 Å². The van der Waals surface area contributed by atoms with Gasteiger partial charge in [0.15, 0.2) is 6.61 Å². The Bertz CT molecular complexity index is 323. The van der Waals surface area contributed by atoms with Crippen molar-refractivity contribution in [2.75, 3.05) is 6.61 Å². The Morgan fingerprint density at radius 3 is 2.60 bits per heavy atom. The van der Waals surface area contributed by atoms with Gasteiger partial charge < -0.3 is 4.74 Å². The predicted octanol–water partition coefficient (Wildman–Crippen LogP) is 3.15. The number of pyridine rings is 1. The molecule has 0 aliphatic heterocycles. The number of nitrogens with zero attached hydrogens (tertiary/aromatic N) is 1. The molecule has 0 spiro atoms. The van der Waals surface area contributed by atoms with Gasteiger partial charge in [-0.15, -0.1) is 0 Å². The second-order valence-corrected chi connectivity index (χ2v) is 3.49. The number of hydrogen-bond donors (Lipinski definition) is 0. The second kappa shape index (κ2) is 4.51. The molecule has 0 saturated carbocycles. The van der Waals surface area contributed by atoms with Gasteiger partial charge in [0.2, 0.25) is 5.88 Å². The van der Waals surface area contributed by atoms with E-state index in [0.717, 1.165) is 5.56 Å². The molecule has 0 amide bonds. The van der Waals surface area contributed by atoms with Crippen LogP contribution < -0.4 is 4.74 Å². The minimum Gasteiger partial charge on any atom is -0.468 e. The molecule has 84 valence electrons. The van der Waals surface area contributed by atoms with Crippen molar-refractivity contribution in [3.63, 3.8) is 0 Å². The van der Waals surface area contributed by atoms with Gasteiger partial charge >= 0.3 is 6.18 Å². The minimum absolute atomic E-state index is 0.0125. The average Bonchev–Trinajstić information content (AvgIpc) is 2.14. The van der Waals surface area contributed by atoms with Crippen LogP contribution in [-0.2, 0) is 0 Å². The van der Waals surface area contributed by atoms with Gasteiger partial charge in [-0.3, -0.25) is 0 Å². The molecule has 0 aliphatic carbocycles. The summed E-state index contributed by atoms with van der Waals surface area (Å²) in [4.78, 5) is 3.70. The van der Waals surface area contributed by atoms with Crippen LogP contribution in [0.1, 0.15) is 25.3 Å². The maximum absolute atomic E-state index is 11.8. The minimum atomic E-state index is -4.32.